The Hall–Kier alpha value is -1.16. The molecule has 1 saturated heterocycles. The first-order valence-electron chi connectivity index (χ1n) is 5.18. The van der Waals surface area contributed by atoms with Gasteiger partial charge in [-0.1, -0.05) is 6.58 Å². The maximum Gasteiger partial charge on any atom is 0.122 e. The van der Waals surface area contributed by atoms with Gasteiger partial charge in [-0.25, -0.2) is 4.99 Å². The minimum Gasteiger partial charge on any atom is -0.379 e. The summed E-state index contributed by atoms with van der Waals surface area (Å²) in [5, 5.41) is 3.04. The van der Waals surface area contributed by atoms with Gasteiger partial charge in [0.05, 0.1) is 12.6 Å². The molecule has 84 valence electrons. The van der Waals surface area contributed by atoms with Crippen molar-refractivity contribution in [2.24, 2.45) is 9.98 Å². The number of nitrogens with zero attached hydrogens (tertiary/aromatic N) is 2. The Bertz CT molecular complexity index is 288. The van der Waals surface area contributed by atoms with Crippen molar-refractivity contribution in [1.82, 2.24) is 5.32 Å². The molecule has 0 aliphatic carbocycles. The molecule has 0 radical (unpaired) electrons. The number of nitrogens with one attached hydrogen (secondary N) is 1. The van der Waals surface area contributed by atoms with Gasteiger partial charge >= 0.3 is 0 Å². The molecule has 0 bridgehead atoms. The minimum atomic E-state index is 0.284. The lowest BCUT2D eigenvalue weighted by molar-refractivity contribution is 0.194. The zero-order valence-electron chi connectivity index (χ0n) is 9.71. The highest BCUT2D eigenvalue weighted by Crippen LogP contribution is 2.08. The molecule has 1 aliphatic rings. The van der Waals surface area contributed by atoms with E-state index in [1.165, 1.54) is 0 Å². The molecule has 1 fully saturated rings. The van der Waals surface area contributed by atoms with E-state index in [1.54, 1.807) is 0 Å². The van der Waals surface area contributed by atoms with Gasteiger partial charge in [0.15, 0.2) is 0 Å². The summed E-state index contributed by atoms with van der Waals surface area (Å²) in [5.41, 5.74) is 0.883. The predicted molar refractivity (Wildman–Crippen MR) is 63.4 cm³/mol. The molecule has 4 heteroatoms. The predicted octanol–water partition coefficient (Wildman–Crippen LogP) is 1.74. The van der Waals surface area contributed by atoms with Crippen molar-refractivity contribution in [2.75, 3.05) is 13.2 Å². The second-order valence-electron chi connectivity index (χ2n) is 3.80. The Morgan fingerprint density at radius 1 is 1.40 bits per heavy atom. The highest BCUT2D eigenvalue weighted by atomic mass is 16.5. The van der Waals surface area contributed by atoms with E-state index in [4.69, 9.17) is 4.74 Å². The van der Waals surface area contributed by atoms with Gasteiger partial charge in [-0.05, 0) is 27.2 Å². The molecule has 1 aliphatic heterocycles. The molecule has 0 amide bonds. The molecule has 0 aromatic carbocycles. The quantitative estimate of drug-likeness (QED) is 0.556. The molecule has 0 aromatic heterocycles. The molecule has 1 unspecified atom stereocenters. The number of allylic oxidation sites excluding steroid dienone is 1. The maximum absolute atomic E-state index is 5.24. The van der Waals surface area contributed by atoms with E-state index in [0.717, 1.165) is 37.0 Å². The third kappa shape index (κ3) is 4.74. The van der Waals surface area contributed by atoms with Gasteiger partial charge in [-0.15, -0.1) is 0 Å². The van der Waals surface area contributed by atoms with E-state index in [-0.39, 0.29) is 6.04 Å². The monoisotopic (exact) mass is 209 g/mol. The fourth-order valence-corrected chi connectivity index (χ4v) is 1.50. The molecule has 0 spiro atoms. The Morgan fingerprint density at radius 2 is 2.13 bits per heavy atom. The Kier molecular flexibility index (Phi) is 4.49. The van der Waals surface area contributed by atoms with Crippen LogP contribution in [0.3, 0.4) is 0 Å². The maximum atomic E-state index is 5.24. The summed E-state index contributed by atoms with van der Waals surface area (Å²) in [6, 6.07) is 0.284. The van der Waals surface area contributed by atoms with Gasteiger partial charge in [0.2, 0.25) is 0 Å². The van der Waals surface area contributed by atoms with Crippen LogP contribution in [0.1, 0.15) is 27.2 Å². The molecule has 1 heterocycles. The van der Waals surface area contributed by atoms with E-state index in [0.29, 0.717) is 0 Å². The van der Waals surface area contributed by atoms with Gasteiger partial charge in [0, 0.05) is 12.3 Å². The molecule has 1 rings (SSSR count). The number of aliphatic imine (C=N–C) groups is 2. The van der Waals surface area contributed by atoms with Crippen LogP contribution in [-0.2, 0) is 4.74 Å². The van der Waals surface area contributed by atoms with E-state index < -0.39 is 0 Å². The smallest absolute Gasteiger partial charge is 0.122 e. The lowest BCUT2D eigenvalue weighted by Crippen LogP contribution is -2.18. The van der Waals surface area contributed by atoms with E-state index in [9.17, 15) is 0 Å². The normalized spacial score (nSPS) is 23.0. The Balaban J connectivity index is 2.51. The third-order valence-corrected chi connectivity index (χ3v) is 2.00. The molecule has 1 atom stereocenters. The van der Waals surface area contributed by atoms with Crippen molar-refractivity contribution in [3.8, 4) is 0 Å². The average molecular weight is 209 g/mol. The van der Waals surface area contributed by atoms with Crippen molar-refractivity contribution in [2.45, 2.75) is 33.2 Å². The van der Waals surface area contributed by atoms with Gasteiger partial charge in [0.1, 0.15) is 11.7 Å². The van der Waals surface area contributed by atoms with Gasteiger partial charge in [-0.2, -0.15) is 0 Å². The molecule has 4 nitrogen and oxygen atoms in total. The summed E-state index contributed by atoms with van der Waals surface area (Å²) in [4.78, 5) is 8.78. The number of hydrogen-bond acceptors (Lipinski definition) is 2. The number of hydrogen-bond donors (Lipinski definition) is 1. The second-order valence-corrected chi connectivity index (χ2v) is 3.80. The van der Waals surface area contributed by atoms with Crippen LogP contribution in [0.15, 0.2) is 22.3 Å². The van der Waals surface area contributed by atoms with Crippen molar-refractivity contribution in [3.63, 3.8) is 0 Å². The number of rotatable bonds is 2. The number of amidine groups is 2. The van der Waals surface area contributed by atoms with Gasteiger partial charge in [-0.3, -0.25) is 4.99 Å². The Morgan fingerprint density at radius 3 is 2.67 bits per heavy atom. The van der Waals surface area contributed by atoms with Crippen molar-refractivity contribution < 1.29 is 4.74 Å². The topological polar surface area (TPSA) is 46.0 Å². The van der Waals surface area contributed by atoms with E-state index in [1.807, 2.05) is 20.8 Å². The summed E-state index contributed by atoms with van der Waals surface area (Å²) in [5.74, 6) is 1.61. The van der Waals surface area contributed by atoms with Crippen LogP contribution in [-0.4, -0.2) is 30.9 Å². The van der Waals surface area contributed by atoms with Gasteiger partial charge in [0.25, 0.3) is 0 Å². The van der Waals surface area contributed by atoms with Crippen LogP contribution in [0, 0.1) is 0 Å². The van der Waals surface area contributed by atoms with Crippen molar-refractivity contribution in [1.29, 1.82) is 0 Å². The van der Waals surface area contributed by atoms with E-state index in [2.05, 4.69) is 21.9 Å². The molecule has 0 aromatic rings. The van der Waals surface area contributed by atoms with Crippen LogP contribution >= 0.6 is 0 Å². The van der Waals surface area contributed by atoms with Crippen molar-refractivity contribution in [3.05, 3.63) is 12.3 Å². The summed E-state index contributed by atoms with van der Waals surface area (Å²) in [6.45, 7) is 11.0. The minimum absolute atomic E-state index is 0.284. The fourth-order valence-electron chi connectivity index (χ4n) is 1.50. The molecular weight excluding hydrogens is 190 g/mol. The molecule has 15 heavy (non-hydrogen) atoms. The highest BCUT2D eigenvalue weighted by Gasteiger charge is 2.13. The SMILES string of the molecule is C=C(C)NC(C)=NC(C)=NC1CCOC1. The standard InChI is InChI=1S/C11H19N3O/c1-8(2)12-9(3)13-10(4)14-11-5-6-15-7-11/h11H,1,5-7H2,2-4H3,(H,12,13,14). The third-order valence-electron chi connectivity index (χ3n) is 2.00. The van der Waals surface area contributed by atoms with Gasteiger partial charge < -0.3 is 10.1 Å². The summed E-state index contributed by atoms with van der Waals surface area (Å²) in [7, 11) is 0. The number of ether oxygens (including phenoxy) is 1. The lowest BCUT2D eigenvalue weighted by Gasteiger charge is -2.05. The highest BCUT2D eigenvalue weighted by molar-refractivity contribution is 5.95. The molecular formula is C11H19N3O. The largest absolute Gasteiger partial charge is 0.379 e. The fraction of sp³-hybridized carbons (Fsp3) is 0.636. The van der Waals surface area contributed by atoms with E-state index >= 15 is 0 Å². The summed E-state index contributed by atoms with van der Waals surface area (Å²) >= 11 is 0. The molecule has 0 saturated carbocycles. The first-order chi connectivity index (χ1) is 7.08. The van der Waals surface area contributed by atoms with Crippen LogP contribution in [0.2, 0.25) is 0 Å². The first kappa shape index (κ1) is 11.9. The van der Waals surface area contributed by atoms with Crippen LogP contribution in [0.25, 0.3) is 0 Å². The molecule has 1 N–H and O–H groups in total. The zero-order chi connectivity index (χ0) is 11.3. The average Bonchev–Trinajstić information content (AvgIpc) is 2.53. The summed E-state index contributed by atoms with van der Waals surface area (Å²) < 4.78 is 5.24. The Labute approximate surface area is 91.1 Å². The summed E-state index contributed by atoms with van der Waals surface area (Å²) in [6.07, 6.45) is 1.000. The second kappa shape index (κ2) is 5.66. The van der Waals surface area contributed by atoms with Crippen molar-refractivity contribution >= 4 is 11.7 Å². The first-order valence-corrected chi connectivity index (χ1v) is 5.18. The van der Waals surface area contributed by atoms with Crippen LogP contribution in [0.4, 0.5) is 0 Å². The lowest BCUT2D eigenvalue weighted by atomic mass is 10.3. The van der Waals surface area contributed by atoms with Crippen LogP contribution in [0.5, 0.6) is 0 Å². The zero-order valence-corrected chi connectivity index (χ0v) is 9.71. The van der Waals surface area contributed by atoms with Crippen LogP contribution < -0.4 is 5.32 Å².